The van der Waals surface area contributed by atoms with E-state index in [-0.39, 0.29) is 72.6 Å². The smallest absolute Gasteiger partial charge is 0.355 e. The fourth-order valence-corrected chi connectivity index (χ4v) is 9.29. The van der Waals surface area contributed by atoms with Gasteiger partial charge in [-0.2, -0.15) is 19.0 Å². The molecule has 0 bridgehead atoms. The first kappa shape index (κ1) is 53.4. The minimum atomic E-state index is -5.14. The number of β-amino-alcohol motifs (C(OH)–C–C–N with tert-alkyl or cyclic N) is 1. The lowest BCUT2D eigenvalue weighted by Gasteiger charge is -2.35. The van der Waals surface area contributed by atoms with Gasteiger partial charge in [0.15, 0.2) is 5.82 Å². The Hall–Kier alpha value is -7.35. The molecule has 8 N–H and O–H groups in total. The van der Waals surface area contributed by atoms with Crippen molar-refractivity contribution < 1.29 is 55.3 Å². The van der Waals surface area contributed by atoms with Crippen LogP contribution in [0.25, 0.3) is 21.7 Å². The van der Waals surface area contributed by atoms with E-state index in [2.05, 4.69) is 36.2 Å². The number of H-pyrrole nitrogens is 1. The minimum absolute atomic E-state index is 0.00519. The van der Waals surface area contributed by atoms with Crippen molar-refractivity contribution in [1.29, 1.82) is 0 Å². The summed E-state index contributed by atoms with van der Waals surface area (Å²) in [5, 5.41) is 30.5. The van der Waals surface area contributed by atoms with Crippen LogP contribution in [0, 0.1) is 18.2 Å². The number of aromatic amines is 1. The van der Waals surface area contributed by atoms with E-state index < -0.39 is 81.5 Å². The average molecular weight is 1050 g/mol. The molecule has 388 valence electrons. The summed E-state index contributed by atoms with van der Waals surface area (Å²) >= 11 is 1.54. The number of rotatable bonds is 21. The normalized spacial score (nSPS) is 15.7. The Labute approximate surface area is 421 Å². The highest BCUT2D eigenvalue weighted by Gasteiger charge is 2.44. The van der Waals surface area contributed by atoms with Crippen molar-refractivity contribution >= 4 is 62.3 Å². The second-order valence-corrected chi connectivity index (χ2v) is 20.7. The number of primary amides is 1. The molecule has 73 heavy (non-hydrogen) atoms. The van der Waals surface area contributed by atoms with E-state index in [1.807, 2.05) is 35.9 Å². The van der Waals surface area contributed by atoms with Crippen LogP contribution in [0.4, 0.5) is 30.5 Å². The zero-order valence-corrected chi connectivity index (χ0v) is 41.8. The van der Waals surface area contributed by atoms with E-state index in [0.29, 0.717) is 5.56 Å². The van der Waals surface area contributed by atoms with Gasteiger partial charge in [0.25, 0.3) is 15.9 Å². The topological polar surface area (TPSA) is 278 Å². The molecule has 1 aliphatic heterocycles. The standard InChI is InChI=1S/C48H54F3N11O9S2/c1-26-41(72-25-54-26)30-8-6-28(7-9-30)22-53-45(66)35-21-33(63)23-62(35)46(67)42(48(3,4)5)56-38(64)24-70-19-18-61-17-16-37(59-61)55-44-39(43(52)65)40(57-58-44)31-12-15-34(60-73(68,69)47(50)51)36(20-31)71-27(2)29-10-13-32(49)14-11-29/h6-17,20,25,27,33,35,42,47,60,63H,18-19,21-24H2,1-5H3,(H2,52,65)(H,53,66)(H,56,64)(H2,55,57,58,59)/t27?,33-,35+,42?/m1/s1. The molecule has 7 rings (SSSR count). The van der Waals surface area contributed by atoms with Gasteiger partial charge in [-0.3, -0.25) is 33.7 Å². The number of nitrogens with zero attached hydrogens (tertiary/aromatic N) is 5. The zero-order valence-electron chi connectivity index (χ0n) is 40.2. The molecule has 20 nitrogen and oxygen atoms in total. The number of nitrogens with two attached hydrogens (primary N) is 1. The first-order valence-electron chi connectivity index (χ1n) is 22.8. The Morgan fingerprint density at radius 3 is 2.40 bits per heavy atom. The summed E-state index contributed by atoms with van der Waals surface area (Å²) in [6, 6.07) is 16.2. The summed E-state index contributed by atoms with van der Waals surface area (Å²) in [7, 11) is -5.14. The Balaban J connectivity index is 0.938. The molecule has 0 radical (unpaired) electrons. The summed E-state index contributed by atoms with van der Waals surface area (Å²) in [6.45, 7) is 8.68. The third-order valence-electron chi connectivity index (χ3n) is 11.7. The molecule has 3 aromatic carbocycles. The molecule has 4 atom stereocenters. The number of anilines is 3. The highest BCUT2D eigenvalue weighted by atomic mass is 32.2. The summed E-state index contributed by atoms with van der Waals surface area (Å²) in [5.74, 6) is -6.72. The summed E-state index contributed by atoms with van der Waals surface area (Å²) in [6.07, 6.45) is -0.153. The lowest BCUT2D eigenvalue weighted by Crippen LogP contribution is -2.58. The van der Waals surface area contributed by atoms with Crippen molar-refractivity contribution in [2.45, 2.75) is 84.2 Å². The summed E-state index contributed by atoms with van der Waals surface area (Å²) < 4.78 is 79.5. The Bertz CT molecular complexity index is 3050. The van der Waals surface area contributed by atoms with E-state index in [1.165, 1.54) is 46.0 Å². The molecular formula is C48H54F3N11O9S2. The zero-order chi connectivity index (χ0) is 52.8. The van der Waals surface area contributed by atoms with Gasteiger partial charge in [-0.15, -0.1) is 11.3 Å². The van der Waals surface area contributed by atoms with E-state index in [4.69, 9.17) is 15.2 Å². The number of halogens is 3. The van der Waals surface area contributed by atoms with E-state index >= 15 is 0 Å². The predicted octanol–water partition coefficient (Wildman–Crippen LogP) is 5.62. The molecule has 1 saturated heterocycles. The lowest BCUT2D eigenvalue weighted by atomic mass is 9.85. The summed E-state index contributed by atoms with van der Waals surface area (Å²) in [5.41, 5.74) is 9.71. The van der Waals surface area contributed by atoms with Crippen molar-refractivity contribution in [2.75, 3.05) is 29.8 Å². The van der Waals surface area contributed by atoms with Gasteiger partial charge in [0.1, 0.15) is 53.4 Å². The third kappa shape index (κ3) is 13.2. The fourth-order valence-electron chi connectivity index (χ4n) is 7.91. The number of amides is 4. The van der Waals surface area contributed by atoms with Gasteiger partial charge in [0.2, 0.25) is 17.7 Å². The van der Waals surface area contributed by atoms with Gasteiger partial charge in [-0.25, -0.2) is 17.8 Å². The highest BCUT2D eigenvalue weighted by molar-refractivity contribution is 7.93. The third-order valence-corrected chi connectivity index (χ3v) is 13.7. The number of likely N-dealkylation sites (tertiary alicyclic amines) is 1. The number of aliphatic hydroxyl groups excluding tert-OH is 1. The number of hydrogen-bond acceptors (Lipinski definition) is 14. The van der Waals surface area contributed by atoms with E-state index in [0.717, 1.165) is 27.8 Å². The van der Waals surface area contributed by atoms with Gasteiger partial charge >= 0.3 is 5.76 Å². The van der Waals surface area contributed by atoms with Crippen LogP contribution in [0.2, 0.25) is 0 Å². The fraction of sp³-hybridized carbons (Fsp3) is 0.354. The van der Waals surface area contributed by atoms with Crippen LogP contribution in [0.5, 0.6) is 5.75 Å². The number of sulfonamides is 1. The van der Waals surface area contributed by atoms with Gasteiger partial charge < -0.3 is 41.2 Å². The molecule has 6 aromatic rings. The molecule has 4 heterocycles. The number of aryl methyl sites for hydroxylation is 1. The second kappa shape index (κ2) is 22.6. The molecule has 0 saturated carbocycles. The number of aromatic nitrogens is 5. The van der Waals surface area contributed by atoms with Crippen LogP contribution in [0.15, 0.2) is 84.5 Å². The maximum Gasteiger partial charge on any atom is 0.355 e. The minimum Gasteiger partial charge on any atom is -0.484 e. The Morgan fingerprint density at radius 1 is 1.03 bits per heavy atom. The quantitative estimate of drug-likeness (QED) is 0.0432. The molecule has 0 aliphatic carbocycles. The van der Waals surface area contributed by atoms with Crippen molar-refractivity contribution in [2.24, 2.45) is 11.1 Å². The number of nitrogens with one attached hydrogen (secondary N) is 5. The van der Waals surface area contributed by atoms with Crippen molar-refractivity contribution in [1.82, 2.24) is 40.5 Å². The molecular weight excluding hydrogens is 996 g/mol. The van der Waals surface area contributed by atoms with Crippen LogP contribution in [-0.4, -0.2) is 111 Å². The lowest BCUT2D eigenvalue weighted by molar-refractivity contribution is -0.144. The van der Waals surface area contributed by atoms with Gasteiger partial charge in [0.05, 0.1) is 41.0 Å². The number of thiazole rings is 1. The second-order valence-electron chi connectivity index (χ2n) is 18.2. The molecule has 1 fully saturated rings. The van der Waals surface area contributed by atoms with Gasteiger partial charge in [-0.1, -0.05) is 63.2 Å². The number of aliphatic hydroxyl groups is 1. The molecule has 2 unspecified atom stereocenters. The predicted molar refractivity (Wildman–Crippen MR) is 265 cm³/mol. The number of carbonyl (C=O) groups is 4. The van der Waals surface area contributed by atoms with Crippen LogP contribution in [-0.2, 0) is 42.2 Å². The van der Waals surface area contributed by atoms with Crippen LogP contribution in [0.1, 0.15) is 67.4 Å². The molecule has 3 aromatic heterocycles. The maximum absolute atomic E-state index is 14.1. The number of benzene rings is 3. The molecule has 25 heteroatoms. The molecule has 0 spiro atoms. The SMILES string of the molecule is Cc1ncsc1-c1ccc(CNC(=O)[C@@H]2C[C@@H](O)CN2C(=O)C(NC(=O)COCCn2ccc(Nc3[nH]nc(-c4ccc(NS(=O)(=O)C(F)F)c(OC(C)c5ccc(F)cc5)c4)c3C(N)=O)n2)C(C)(C)C)cc1. The largest absolute Gasteiger partial charge is 0.484 e. The number of hydrogen-bond donors (Lipinski definition) is 7. The number of ether oxygens (including phenoxy) is 2. The van der Waals surface area contributed by atoms with Gasteiger partial charge in [-0.05, 0) is 60.2 Å². The monoisotopic (exact) mass is 1050 g/mol. The van der Waals surface area contributed by atoms with E-state index in [1.54, 1.807) is 56.8 Å². The van der Waals surface area contributed by atoms with Crippen LogP contribution >= 0.6 is 11.3 Å². The first-order valence-corrected chi connectivity index (χ1v) is 25.2. The Kier molecular flexibility index (Phi) is 16.5. The number of carbonyl (C=O) groups excluding carboxylic acids is 4. The molecule has 1 aliphatic rings. The van der Waals surface area contributed by atoms with Crippen molar-refractivity contribution in [3.63, 3.8) is 0 Å². The van der Waals surface area contributed by atoms with E-state index in [9.17, 15) is 45.9 Å². The van der Waals surface area contributed by atoms with Crippen LogP contribution < -0.4 is 31.1 Å². The summed E-state index contributed by atoms with van der Waals surface area (Å²) in [4.78, 5) is 60.3. The first-order chi connectivity index (χ1) is 34.6. The maximum atomic E-state index is 14.1. The molecule has 4 amide bonds. The van der Waals surface area contributed by atoms with Crippen molar-refractivity contribution in [3.8, 4) is 27.4 Å². The Morgan fingerprint density at radius 2 is 1.74 bits per heavy atom. The van der Waals surface area contributed by atoms with Crippen LogP contribution in [0.3, 0.4) is 0 Å². The van der Waals surface area contributed by atoms with Crippen molar-refractivity contribution in [3.05, 3.63) is 113 Å². The van der Waals surface area contributed by atoms with Gasteiger partial charge in [0, 0.05) is 37.3 Å². The average Bonchev–Trinajstić information content (AvgIpc) is 4.16. The highest BCUT2D eigenvalue weighted by Crippen LogP contribution is 2.37. The number of alkyl halides is 2.